The Morgan fingerprint density at radius 1 is 1.44 bits per heavy atom. The summed E-state index contributed by atoms with van der Waals surface area (Å²) < 4.78 is 4.35. The molecule has 1 aromatic heterocycles. The van der Waals surface area contributed by atoms with Gasteiger partial charge in [-0.3, -0.25) is 9.59 Å². The molecular weight excluding hydrogens is 257 g/mol. The zero-order valence-electron chi connectivity index (χ0n) is 8.16. The molecule has 0 atom stereocenters. The van der Waals surface area contributed by atoms with Crippen molar-refractivity contribution in [1.82, 2.24) is 15.5 Å². The van der Waals surface area contributed by atoms with Crippen LogP contribution < -0.4 is 5.32 Å². The SMILES string of the molecule is COC(=O)CNC(=O)c1cc(Cl)nnc1Cl. The molecule has 1 N–H and O–H groups in total. The summed E-state index contributed by atoms with van der Waals surface area (Å²) in [5, 5.41) is 9.14. The number of nitrogens with zero attached hydrogens (tertiary/aromatic N) is 2. The third-order valence-corrected chi connectivity index (χ3v) is 2.05. The number of carbonyl (C=O) groups is 2. The van der Waals surface area contributed by atoms with Crippen LogP contribution in [0.1, 0.15) is 10.4 Å². The average molecular weight is 264 g/mol. The first kappa shape index (κ1) is 12.7. The van der Waals surface area contributed by atoms with Crippen molar-refractivity contribution in [3.05, 3.63) is 21.9 Å². The van der Waals surface area contributed by atoms with Crippen LogP contribution in [0.5, 0.6) is 0 Å². The lowest BCUT2D eigenvalue weighted by Crippen LogP contribution is -2.30. The zero-order chi connectivity index (χ0) is 12.1. The molecule has 1 aromatic rings. The molecule has 1 heterocycles. The van der Waals surface area contributed by atoms with Crippen LogP contribution in [0, 0.1) is 0 Å². The molecule has 16 heavy (non-hydrogen) atoms. The fourth-order valence-corrected chi connectivity index (χ4v) is 1.16. The minimum absolute atomic E-state index is 0.0348. The van der Waals surface area contributed by atoms with Crippen LogP contribution in [-0.4, -0.2) is 35.7 Å². The monoisotopic (exact) mass is 263 g/mol. The van der Waals surface area contributed by atoms with Crippen molar-refractivity contribution in [2.45, 2.75) is 0 Å². The Hall–Kier alpha value is -1.40. The van der Waals surface area contributed by atoms with Gasteiger partial charge in [-0.2, -0.15) is 0 Å². The number of amides is 1. The number of methoxy groups -OCH3 is 1. The van der Waals surface area contributed by atoms with Crippen LogP contribution in [0.3, 0.4) is 0 Å². The van der Waals surface area contributed by atoms with Gasteiger partial charge in [-0.1, -0.05) is 23.2 Å². The van der Waals surface area contributed by atoms with Gasteiger partial charge >= 0.3 is 5.97 Å². The fraction of sp³-hybridized carbons (Fsp3) is 0.250. The number of hydrogen-bond donors (Lipinski definition) is 1. The summed E-state index contributed by atoms with van der Waals surface area (Å²) in [6, 6.07) is 1.25. The third-order valence-electron chi connectivity index (χ3n) is 1.58. The molecular formula is C8H7Cl2N3O3. The molecule has 0 spiro atoms. The first-order valence-corrected chi connectivity index (χ1v) is 4.84. The summed E-state index contributed by atoms with van der Waals surface area (Å²) in [5.41, 5.74) is 0.0468. The van der Waals surface area contributed by atoms with Gasteiger partial charge in [0.1, 0.15) is 6.54 Å². The van der Waals surface area contributed by atoms with Gasteiger partial charge in [-0.15, -0.1) is 10.2 Å². The van der Waals surface area contributed by atoms with Gasteiger partial charge in [-0.25, -0.2) is 0 Å². The van der Waals surface area contributed by atoms with Crippen molar-refractivity contribution in [3.8, 4) is 0 Å². The maximum absolute atomic E-state index is 11.5. The molecule has 1 rings (SSSR count). The Kier molecular flexibility index (Phi) is 4.45. The second-order valence-corrected chi connectivity index (χ2v) is 3.38. The van der Waals surface area contributed by atoms with Crippen molar-refractivity contribution < 1.29 is 14.3 Å². The molecule has 0 aliphatic carbocycles. The van der Waals surface area contributed by atoms with Gasteiger partial charge in [0.2, 0.25) is 0 Å². The molecule has 0 unspecified atom stereocenters. The van der Waals surface area contributed by atoms with E-state index in [0.717, 1.165) is 0 Å². The van der Waals surface area contributed by atoms with E-state index in [1.165, 1.54) is 13.2 Å². The maximum atomic E-state index is 11.5. The number of esters is 1. The van der Waals surface area contributed by atoms with E-state index in [1.807, 2.05) is 0 Å². The van der Waals surface area contributed by atoms with E-state index in [9.17, 15) is 9.59 Å². The summed E-state index contributed by atoms with van der Waals surface area (Å²) in [6.45, 7) is -0.258. The Bertz CT molecular complexity index is 425. The average Bonchev–Trinajstić information content (AvgIpc) is 2.28. The highest BCUT2D eigenvalue weighted by atomic mass is 35.5. The van der Waals surface area contributed by atoms with Crippen molar-refractivity contribution in [2.75, 3.05) is 13.7 Å². The highest BCUT2D eigenvalue weighted by Crippen LogP contribution is 2.14. The molecule has 86 valence electrons. The minimum atomic E-state index is -0.577. The lowest BCUT2D eigenvalue weighted by molar-refractivity contribution is -0.139. The van der Waals surface area contributed by atoms with Crippen molar-refractivity contribution in [3.63, 3.8) is 0 Å². The van der Waals surface area contributed by atoms with E-state index < -0.39 is 11.9 Å². The molecule has 0 fully saturated rings. The molecule has 0 saturated carbocycles. The Balaban J connectivity index is 2.73. The smallest absolute Gasteiger partial charge is 0.325 e. The molecule has 1 amide bonds. The second-order valence-electron chi connectivity index (χ2n) is 2.63. The van der Waals surface area contributed by atoms with E-state index in [0.29, 0.717) is 0 Å². The summed E-state index contributed by atoms with van der Waals surface area (Å²) in [6.07, 6.45) is 0. The maximum Gasteiger partial charge on any atom is 0.325 e. The van der Waals surface area contributed by atoms with Crippen molar-refractivity contribution >= 4 is 35.1 Å². The van der Waals surface area contributed by atoms with Gasteiger partial charge in [0.25, 0.3) is 5.91 Å². The van der Waals surface area contributed by atoms with Gasteiger partial charge in [0.05, 0.1) is 12.7 Å². The predicted octanol–water partition coefficient (Wildman–Crippen LogP) is 0.686. The number of halogens is 2. The lowest BCUT2D eigenvalue weighted by Gasteiger charge is -2.04. The first-order valence-electron chi connectivity index (χ1n) is 4.08. The highest BCUT2D eigenvalue weighted by Gasteiger charge is 2.14. The molecule has 0 bridgehead atoms. The number of hydrogen-bond acceptors (Lipinski definition) is 5. The van der Waals surface area contributed by atoms with Crippen LogP contribution in [0.4, 0.5) is 0 Å². The Labute approximate surface area is 101 Å². The van der Waals surface area contributed by atoms with Gasteiger partial charge < -0.3 is 10.1 Å². The van der Waals surface area contributed by atoms with Crippen LogP contribution in [0.15, 0.2) is 6.07 Å². The topological polar surface area (TPSA) is 81.2 Å². The standard InChI is InChI=1S/C8H7Cl2N3O3/c1-16-6(14)3-11-8(15)4-2-5(9)12-13-7(4)10/h2H,3H2,1H3,(H,11,15). The summed E-state index contributed by atoms with van der Waals surface area (Å²) >= 11 is 11.2. The van der Waals surface area contributed by atoms with Crippen LogP contribution >= 0.6 is 23.2 Å². The van der Waals surface area contributed by atoms with E-state index in [-0.39, 0.29) is 22.4 Å². The van der Waals surface area contributed by atoms with Gasteiger partial charge in [-0.05, 0) is 6.07 Å². The van der Waals surface area contributed by atoms with E-state index in [2.05, 4.69) is 20.3 Å². The van der Waals surface area contributed by atoms with Gasteiger partial charge in [0, 0.05) is 0 Å². The number of rotatable bonds is 3. The molecule has 0 aliphatic rings. The quantitative estimate of drug-likeness (QED) is 0.812. The summed E-state index contributed by atoms with van der Waals surface area (Å²) in [5.74, 6) is -1.15. The molecule has 0 saturated heterocycles. The normalized spacial score (nSPS) is 9.69. The first-order chi connectivity index (χ1) is 7.54. The van der Waals surface area contributed by atoms with E-state index in [1.54, 1.807) is 0 Å². The van der Waals surface area contributed by atoms with Crippen LogP contribution in [0.2, 0.25) is 10.3 Å². The van der Waals surface area contributed by atoms with Crippen molar-refractivity contribution in [1.29, 1.82) is 0 Å². The largest absolute Gasteiger partial charge is 0.468 e. The number of nitrogens with one attached hydrogen (secondary N) is 1. The second kappa shape index (κ2) is 5.62. The molecule has 0 radical (unpaired) electrons. The van der Waals surface area contributed by atoms with E-state index in [4.69, 9.17) is 23.2 Å². The van der Waals surface area contributed by atoms with Gasteiger partial charge in [0.15, 0.2) is 10.3 Å². The molecule has 8 heteroatoms. The predicted molar refractivity (Wildman–Crippen MR) is 56.4 cm³/mol. The van der Waals surface area contributed by atoms with E-state index >= 15 is 0 Å². The number of aromatic nitrogens is 2. The summed E-state index contributed by atoms with van der Waals surface area (Å²) in [7, 11) is 1.21. The molecule has 0 aliphatic heterocycles. The molecule has 0 aromatic carbocycles. The number of carbonyl (C=O) groups excluding carboxylic acids is 2. The van der Waals surface area contributed by atoms with Crippen molar-refractivity contribution in [2.24, 2.45) is 0 Å². The number of ether oxygens (including phenoxy) is 1. The minimum Gasteiger partial charge on any atom is -0.468 e. The summed E-state index contributed by atoms with van der Waals surface area (Å²) in [4.78, 5) is 22.3. The van der Waals surface area contributed by atoms with Crippen LogP contribution in [0.25, 0.3) is 0 Å². The van der Waals surface area contributed by atoms with Crippen LogP contribution in [-0.2, 0) is 9.53 Å². The Morgan fingerprint density at radius 2 is 2.12 bits per heavy atom. The third kappa shape index (κ3) is 3.32. The molecule has 6 nitrogen and oxygen atoms in total. The highest BCUT2D eigenvalue weighted by molar-refractivity contribution is 6.34. The fourth-order valence-electron chi connectivity index (χ4n) is 0.832. The Morgan fingerprint density at radius 3 is 2.75 bits per heavy atom. The lowest BCUT2D eigenvalue weighted by atomic mass is 10.3. The zero-order valence-corrected chi connectivity index (χ0v) is 9.67.